The van der Waals surface area contributed by atoms with Gasteiger partial charge in [0.05, 0.1) is 27.4 Å². The molecule has 5 aromatic rings. The second-order valence-corrected chi connectivity index (χ2v) is 11.1. The summed E-state index contributed by atoms with van der Waals surface area (Å²) in [5.41, 5.74) is 3.86. The minimum absolute atomic E-state index is 0.0568. The zero-order valence-corrected chi connectivity index (χ0v) is 21.6. The molecule has 0 bridgehead atoms. The van der Waals surface area contributed by atoms with E-state index in [1.54, 1.807) is 6.07 Å². The third-order valence-corrected chi connectivity index (χ3v) is 7.33. The maximum atomic E-state index is 13.7. The number of H-pyrrole nitrogens is 1. The van der Waals surface area contributed by atoms with E-state index < -0.39 is 15.7 Å². The second kappa shape index (κ2) is 9.25. The van der Waals surface area contributed by atoms with Crippen LogP contribution in [-0.4, -0.2) is 46.2 Å². The van der Waals surface area contributed by atoms with Crippen LogP contribution in [0.2, 0.25) is 0 Å². The van der Waals surface area contributed by atoms with Crippen LogP contribution in [-0.2, 0) is 9.84 Å². The third kappa shape index (κ3) is 4.50. The molecule has 0 saturated heterocycles. The first kappa shape index (κ1) is 23.8. The first-order chi connectivity index (χ1) is 17.2. The lowest BCUT2D eigenvalue weighted by atomic mass is 9.97. The topological polar surface area (TPSA) is 131 Å². The Hall–Kier alpha value is -3.96. The number of halogens is 1. The number of aromatic nitrogens is 5. The van der Waals surface area contributed by atoms with E-state index in [9.17, 15) is 13.2 Å². The molecule has 36 heavy (non-hydrogen) atoms. The van der Waals surface area contributed by atoms with Crippen LogP contribution in [0.4, 0.5) is 5.69 Å². The SMILES string of the molecule is Cc1c(-c2ccccc2)nc2ccc(Br)cc2c1C(=O)Nc1ccc(-c2nn[nH]n2)cc1S(C)(=O)=O. The summed E-state index contributed by atoms with van der Waals surface area (Å²) in [4.78, 5) is 18.5. The summed E-state index contributed by atoms with van der Waals surface area (Å²) in [5, 5.41) is 17.1. The van der Waals surface area contributed by atoms with Crippen LogP contribution in [0.15, 0.2) is 76.1 Å². The summed E-state index contributed by atoms with van der Waals surface area (Å²) in [6.07, 6.45) is 1.08. The lowest BCUT2D eigenvalue weighted by Crippen LogP contribution is -2.17. The van der Waals surface area contributed by atoms with Gasteiger partial charge in [-0.25, -0.2) is 13.4 Å². The van der Waals surface area contributed by atoms with Crippen molar-refractivity contribution in [2.75, 3.05) is 11.6 Å². The summed E-state index contributed by atoms with van der Waals surface area (Å²) < 4.78 is 26.0. The van der Waals surface area contributed by atoms with Gasteiger partial charge in [0.2, 0.25) is 5.82 Å². The predicted octanol–water partition coefficient (Wildman–Crippen LogP) is 4.81. The van der Waals surface area contributed by atoms with E-state index in [1.165, 1.54) is 12.1 Å². The highest BCUT2D eigenvalue weighted by Crippen LogP contribution is 2.33. The summed E-state index contributed by atoms with van der Waals surface area (Å²) in [6, 6.07) is 19.7. The zero-order valence-electron chi connectivity index (χ0n) is 19.2. The van der Waals surface area contributed by atoms with Gasteiger partial charge in [-0.05, 0) is 54.1 Å². The fourth-order valence-electron chi connectivity index (χ4n) is 4.04. The van der Waals surface area contributed by atoms with Crippen molar-refractivity contribution >= 4 is 48.3 Å². The molecule has 180 valence electrons. The molecule has 0 saturated carbocycles. The molecule has 2 heterocycles. The molecule has 1 amide bonds. The van der Waals surface area contributed by atoms with Gasteiger partial charge in [0, 0.05) is 27.2 Å². The Labute approximate surface area is 215 Å². The van der Waals surface area contributed by atoms with E-state index in [0.717, 1.165) is 16.3 Å². The normalized spacial score (nSPS) is 11.5. The number of nitrogens with zero attached hydrogens (tertiary/aromatic N) is 4. The van der Waals surface area contributed by atoms with Gasteiger partial charge in [0.25, 0.3) is 5.91 Å². The maximum Gasteiger partial charge on any atom is 0.256 e. The standard InChI is InChI=1S/C25H19BrN6O3S/c1-14-22(18-13-17(26)9-11-19(18)27-23(14)15-6-4-3-5-7-15)25(33)28-20-10-8-16(24-29-31-32-30-24)12-21(20)36(2,34)35/h3-13H,1-2H3,(H,28,33)(H,29,30,31,32). The number of hydrogen-bond acceptors (Lipinski definition) is 7. The summed E-state index contributed by atoms with van der Waals surface area (Å²) in [7, 11) is -3.71. The number of aromatic amines is 1. The predicted molar refractivity (Wildman–Crippen MR) is 140 cm³/mol. The Kier molecular flexibility index (Phi) is 6.10. The first-order valence-corrected chi connectivity index (χ1v) is 13.5. The molecule has 0 aliphatic rings. The molecule has 9 nitrogen and oxygen atoms in total. The van der Waals surface area contributed by atoms with Gasteiger partial charge in [0.15, 0.2) is 9.84 Å². The number of hydrogen-bond donors (Lipinski definition) is 2. The molecule has 0 aliphatic carbocycles. The van der Waals surface area contributed by atoms with Gasteiger partial charge in [-0.15, -0.1) is 10.2 Å². The number of amides is 1. The molecule has 2 aromatic heterocycles. The lowest BCUT2D eigenvalue weighted by Gasteiger charge is -2.16. The number of pyridine rings is 1. The molecule has 5 rings (SSSR count). The molecular formula is C25H19BrN6O3S. The van der Waals surface area contributed by atoms with E-state index in [0.29, 0.717) is 33.3 Å². The number of carbonyl (C=O) groups is 1. The van der Waals surface area contributed by atoms with Crippen LogP contribution in [0.25, 0.3) is 33.5 Å². The van der Waals surface area contributed by atoms with Gasteiger partial charge in [-0.1, -0.05) is 46.3 Å². The van der Waals surface area contributed by atoms with Crippen LogP contribution in [0.3, 0.4) is 0 Å². The van der Waals surface area contributed by atoms with Crippen molar-refractivity contribution in [3.8, 4) is 22.6 Å². The van der Waals surface area contributed by atoms with Crippen LogP contribution in [0.1, 0.15) is 15.9 Å². The number of rotatable bonds is 5. The molecule has 0 aliphatic heterocycles. The quantitative estimate of drug-likeness (QED) is 0.314. The third-order valence-electron chi connectivity index (χ3n) is 5.70. The van der Waals surface area contributed by atoms with Crippen LogP contribution < -0.4 is 5.32 Å². The molecule has 0 radical (unpaired) electrons. The van der Waals surface area contributed by atoms with Gasteiger partial charge < -0.3 is 5.32 Å². The zero-order chi connectivity index (χ0) is 25.4. The maximum absolute atomic E-state index is 13.7. The number of carbonyl (C=O) groups excluding carboxylic acids is 1. The van der Waals surface area contributed by atoms with E-state index >= 15 is 0 Å². The average Bonchev–Trinajstić information content (AvgIpc) is 3.39. The van der Waals surface area contributed by atoms with Crippen molar-refractivity contribution < 1.29 is 13.2 Å². The monoisotopic (exact) mass is 562 g/mol. The van der Waals surface area contributed by atoms with Crippen molar-refractivity contribution in [1.29, 1.82) is 0 Å². The highest BCUT2D eigenvalue weighted by Gasteiger charge is 2.23. The number of benzene rings is 3. The van der Waals surface area contributed by atoms with E-state index in [1.807, 2.05) is 55.5 Å². The molecule has 0 fully saturated rings. The molecule has 2 N–H and O–H groups in total. The number of anilines is 1. The summed E-state index contributed by atoms with van der Waals surface area (Å²) in [5.74, 6) is -0.210. The van der Waals surface area contributed by atoms with E-state index in [2.05, 4.69) is 41.9 Å². The minimum Gasteiger partial charge on any atom is -0.321 e. The van der Waals surface area contributed by atoms with Crippen molar-refractivity contribution in [2.45, 2.75) is 11.8 Å². The van der Waals surface area contributed by atoms with Crippen LogP contribution in [0, 0.1) is 6.92 Å². The van der Waals surface area contributed by atoms with Crippen molar-refractivity contribution in [3.63, 3.8) is 0 Å². The second-order valence-electron chi connectivity index (χ2n) is 8.16. The van der Waals surface area contributed by atoms with Crippen molar-refractivity contribution in [2.24, 2.45) is 0 Å². The van der Waals surface area contributed by atoms with Crippen molar-refractivity contribution in [1.82, 2.24) is 25.6 Å². The Morgan fingerprint density at radius 3 is 2.47 bits per heavy atom. The lowest BCUT2D eigenvalue weighted by molar-refractivity contribution is 0.102. The Balaban J connectivity index is 1.65. The molecule has 3 aromatic carbocycles. The molecule has 0 unspecified atom stereocenters. The fraction of sp³-hybridized carbons (Fsp3) is 0.0800. The Morgan fingerprint density at radius 2 is 1.78 bits per heavy atom. The largest absolute Gasteiger partial charge is 0.321 e. The van der Waals surface area contributed by atoms with Crippen LogP contribution in [0.5, 0.6) is 0 Å². The number of sulfone groups is 1. The highest BCUT2D eigenvalue weighted by atomic mass is 79.9. The molecule has 11 heteroatoms. The number of nitrogens with one attached hydrogen (secondary N) is 2. The molecule has 0 atom stereocenters. The van der Waals surface area contributed by atoms with Crippen LogP contribution >= 0.6 is 15.9 Å². The Bertz CT molecular complexity index is 1720. The molecule has 0 spiro atoms. The van der Waals surface area contributed by atoms with Gasteiger partial charge in [-0.3, -0.25) is 4.79 Å². The Morgan fingerprint density at radius 1 is 1.00 bits per heavy atom. The highest BCUT2D eigenvalue weighted by molar-refractivity contribution is 9.10. The number of fused-ring (bicyclic) bond motifs is 1. The summed E-state index contributed by atoms with van der Waals surface area (Å²) >= 11 is 3.48. The van der Waals surface area contributed by atoms with E-state index in [-0.39, 0.29) is 16.4 Å². The number of tetrazole rings is 1. The minimum atomic E-state index is -3.71. The van der Waals surface area contributed by atoms with Gasteiger partial charge in [-0.2, -0.15) is 5.21 Å². The van der Waals surface area contributed by atoms with Gasteiger partial charge in [0.1, 0.15) is 0 Å². The average molecular weight is 563 g/mol. The first-order valence-electron chi connectivity index (χ1n) is 10.8. The van der Waals surface area contributed by atoms with Gasteiger partial charge >= 0.3 is 0 Å². The summed E-state index contributed by atoms with van der Waals surface area (Å²) in [6.45, 7) is 1.83. The smallest absolute Gasteiger partial charge is 0.256 e. The molecular weight excluding hydrogens is 544 g/mol. The van der Waals surface area contributed by atoms with Crippen molar-refractivity contribution in [3.05, 3.63) is 82.3 Å². The van der Waals surface area contributed by atoms with E-state index in [4.69, 9.17) is 4.98 Å². The fourth-order valence-corrected chi connectivity index (χ4v) is 5.26.